The number of aliphatic hydroxyl groups is 1. The number of hydrogen-bond acceptors (Lipinski definition) is 1. The zero-order valence-corrected chi connectivity index (χ0v) is 8.80. The highest BCUT2D eigenvalue weighted by Gasteiger charge is 2.08. The smallest absolute Gasteiger partial charge is 0.0792 e. The first-order valence-electron chi connectivity index (χ1n) is 4.59. The van der Waals surface area contributed by atoms with Crippen LogP contribution in [0, 0.1) is 6.92 Å². The molecule has 1 aromatic carbocycles. The lowest BCUT2D eigenvalue weighted by Crippen LogP contribution is -1.99. The highest BCUT2D eigenvalue weighted by atomic mass is 35.5. The van der Waals surface area contributed by atoms with Crippen molar-refractivity contribution in [2.24, 2.45) is 0 Å². The molecule has 1 N–H and O–H groups in total. The largest absolute Gasteiger partial charge is 0.388 e. The molecule has 0 aliphatic rings. The minimum Gasteiger partial charge on any atom is -0.388 e. The third kappa shape index (κ3) is 2.71. The standard InChI is InChI=1S/C11H15ClO/c1-3-4-11(13)10-6-5-9(12)7-8(10)2/h5-7,11,13H,3-4H2,1-2H3. The molecule has 0 saturated heterocycles. The van der Waals surface area contributed by atoms with Crippen LogP contribution in [-0.2, 0) is 0 Å². The fraction of sp³-hybridized carbons (Fsp3) is 0.455. The summed E-state index contributed by atoms with van der Waals surface area (Å²) >= 11 is 5.82. The summed E-state index contributed by atoms with van der Waals surface area (Å²) in [4.78, 5) is 0. The molecule has 2 heteroatoms. The molecule has 72 valence electrons. The van der Waals surface area contributed by atoms with E-state index in [1.807, 2.05) is 25.1 Å². The Labute approximate surface area is 84.4 Å². The van der Waals surface area contributed by atoms with Gasteiger partial charge in [-0.3, -0.25) is 0 Å². The molecule has 0 spiro atoms. The van der Waals surface area contributed by atoms with Crippen LogP contribution in [0.3, 0.4) is 0 Å². The quantitative estimate of drug-likeness (QED) is 0.789. The number of halogens is 1. The van der Waals surface area contributed by atoms with Gasteiger partial charge in [0, 0.05) is 5.02 Å². The molecule has 1 unspecified atom stereocenters. The van der Waals surface area contributed by atoms with E-state index in [1.165, 1.54) is 0 Å². The van der Waals surface area contributed by atoms with E-state index in [1.54, 1.807) is 0 Å². The highest BCUT2D eigenvalue weighted by molar-refractivity contribution is 6.30. The van der Waals surface area contributed by atoms with Crippen molar-refractivity contribution in [3.05, 3.63) is 34.3 Å². The summed E-state index contributed by atoms with van der Waals surface area (Å²) in [6, 6.07) is 5.61. The summed E-state index contributed by atoms with van der Waals surface area (Å²) in [5, 5.41) is 10.5. The van der Waals surface area contributed by atoms with Crippen molar-refractivity contribution in [3.8, 4) is 0 Å². The molecule has 0 saturated carbocycles. The van der Waals surface area contributed by atoms with E-state index in [2.05, 4.69) is 6.92 Å². The van der Waals surface area contributed by atoms with Crippen molar-refractivity contribution in [3.63, 3.8) is 0 Å². The average molecular weight is 199 g/mol. The highest BCUT2D eigenvalue weighted by Crippen LogP contribution is 2.24. The van der Waals surface area contributed by atoms with Gasteiger partial charge in [0.2, 0.25) is 0 Å². The molecule has 0 aromatic heterocycles. The molecular formula is C11H15ClO. The van der Waals surface area contributed by atoms with Crippen LogP contribution in [0.25, 0.3) is 0 Å². The topological polar surface area (TPSA) is 20.2 Å². The van der Waals surface area contributed by atoms with Crippen molar-refractivity contribution >= 4 is 11.6 Å². The second-order valence-electron chi connectivity index (χ2n) is 3.31. The summed E-state index contributed by atoms with van der Waals surface area (Å²) in [7, 11) is 0. The Balaban J connectivity index is 2.88. The van der Waals surface area contributed by atoms with Crippen LogP contribution in [-0.4, -0.2) is 5.11 Å². The van der Waals surface area contributed by atoms with Crippen LogP contribution < -0.4 is 0 Å². The molecule has 0 heterocycles. The van der Waals surface area contributed by atoms with Crippen LogP contribution in [0.5, 0.6) is 0 Å². The molecule has 1 rings (SSSR count). The Bertz CT molecular complexity index is 283. The van der Waals surface area contributed by atoms with Crippen molar-refractivity contribution in [2.45, 2.75) is 32.8 Å². The lowest BCUT2D eigenvalue weighted by molar-refractivity contribution is 0.166. The van der Waals surface area contributed by atoms with Crippen molar-refractivity contribution in [1.82, 2.24) is 0 Å². The van der Waals surface area contributed by atoms with Gasteiger partial charge in [0.1, 0.15) is 0 Å². The average Bonchev–Trinajstić information content (AvgIpc) is 2.04. The molecule has 1 atom stereocenters. The zero-order valence-electron chi connectivity index (χ0n) is 8.05. The second kappa shape index (κ2) is 4.64. The number of benzene rings is 1. The molecular weight excluding hydrogens is 184 g/mol. The molecule has 1 aromatic rings. The number of rotatable bonds is 3. The van der Waals surface area contributed by atoms with Crippen LogP contribution in [0.2, 0.25) is 5.02 Å². The third-order valence-corrected chi connectivity index (χ3v) is 2.39. The maximum Gasteiger partial charge on any atom is 0.0792 e. The van der Waals surface area contributed by atoms with Crippen molar-refractivity contribution in [2.75, 3.05) is 0 Å². The van der Waals surface area contributed by atoms with Crippen molar-refractivity contribution < 1.29 is 5.11 Å². The molecule has 13 heavy (non-hydrogen) atoms. The van der Waals surface area contributed by atoms with Crippen LogP contribution in [0.15, 0.2) is 18.2 Å². The summed E-state index contributed by atoms with van der Waals surface area (Å²) in [6.07, 6.45) is 1.45. The molecule has 1 nitrogen and oxygen atoms in total. The van der Waals surface area contributed by atoms with E-state index >= 15 is 0 Å². The first kappa shape index (κ1) is 10.6. The fourth-order valence-electron chi connectivity index (χ4n) is 1.44. The van der Waals surface area contributed by atoms with E-state index in [-0.39, 0.29) is 6.10 Å². The Morgan fingerprint density at radius 3 is 2.69 bits per heavy atom. The van der Waals surface area contributed by atoms with E-state index in [4.69, 9.17) is 11.6 Å². The van der Waals surface area contributed by atoms with Gasteiger partial charge in [-0.25, -0.2) is 0 Å². The molecule has 0 aliphatic carbocycles. The van der Waals surface area contributed by atoms with Crippen molar-refractivity contribution in [1.29, 1.82) is 0 Å². The second-order valence-corrected chi connectivity index (χ2v) is 3.74. The van der Waals surface area contributed by atoms with Gasteiger partial charge in [0.25, 0.3) is 0 Å². The summed E-state index contributed by atoms with van der Waals surface area (Å²) in [6.45, 7) is 4.04. The van der Waals surface area contributed by atoms with E-state index in [9.17, 15) is 5.11 Å². The molecule has 0 amide bonds. The van der Waals surface area contributed by atoms with Gasteiger partial charge in [0.05, 0.1) is 6.10 Å². The molecule has 0 fully saturated rings. The maximum atomic E-state index is 9.75. The number of aliphatic hydroxyl groups excluding tert-OH is 1. The predicted molar refractivity (Wildman–Crippen MR) is 56.1 cm³/mol. The first-order chi connectivity index (χ1) is 6.15. The third-order valence-electron chi connectivity index (χ3n) is 2.15. The van der Waals surface area contributed by atoms with Gasteiger partial charge in [-0.05, 0) is 36.6 Å². The van der Waals surface area contributed by atoms with Gasteiger partial charge in [-0.1, -0.05) is 31.0 Å². The minimum atomic E-state index is -0.345. The van der Waals surface area contributed by atoms with E-state index in [0.29, 0.717) is 0 Å². The van der Waals surface area contributed by atoms with Gasteiger partial charge in [0.15, 0.2) is 0 Å². The lowest BCUT2D eigenvalue weighted by atomic mass is 10.0. The zero-order chi connectivity index (χ0) is 9.84. The van der Waals surface area contributed by atoms with Gasteiger partial charge >= 0.3 is 0 Å². The minimum absolute atomic E-state index is 0.345. The predicted octanol–water partition coefficient (Wildman–Crippen LogP) is 3.48. The monoisotopic (exact) mass is 198 g/mol. The van der Waals surface area contributed by atoms with E-state index < -0.39 is 0 Å². The van der Waals surface area contributed by atoms with Crippen LogP contribution in [0.4, 0.5) is 0 Å². The van der Waals surface area contributed by atoms with Gasteiger partial charge in [-0.15, -0.1) is 0 Å². The maximum absolute atomic E-state index is 9.75. The summed E-state index contributed by atoms with van der Waals surface area (Å²) in [5.74, 6) is 0. The van der Waals surface area contributed by atoms with Gasteiger partial charge in [-0.2, -0.15) is 0 Å². The Morgan fingerprint density at radius 1 is 1.46 bits per heavy atom. The Hall–Kier alpha value is -0.530. The summed E-state index contributed by atoms with van der Waals surface area (Å²) in [5.41, 5.74) is 2.06. The SMILES string of the molecule is CCCC(O)c1ccc(Cl)cc1C. The normalized spacial score (nSPS) is 12.9. The number of hydrogen-bond donors (Lipinski definition) is 1. The van der Waals surface area contributed by atoms with Crippen LogP contribution in [0.1, 0.15) is 37.0 Å². The summed E-state index contributed by atoms with van der Waals surface area (Å²) < 4.78 is 0. The Morgan fingerprint density at radius 2 is 2.15 bits per heavy atom. The van der Waals surface area contributed by atoms with Crippen LogP contribution >= 0.6 is 11.6 Å². The lowest BCUT2D eigenvalue weighted by Gasteiger charge is -2.12. The molecule has 0 radical (unpaired) electrons. The van der Waals surface area contributed by atoms with Gasteiger partial charge < -0.3 is 5.11 Å². The first-order valence-corrected chi connectivity index (χ1v) is 4.97. The number of aryl methyl sites for hydroxylation is 1. The molecule has 0 bridgehead atoms. The Kier molecular flexibility index (Phi) is 3.76. The molecule has 0 aliphatic heterocycles. The fourth-order valence-corrected chi connectivity index (χ4v) is 1.67. The van der Waals surface area contributed by atoms with E-state index in [0.717, 1.165) is 29.0 Å².